The van der Waals surface area contributed by atoms with Gasteiger partial charge in [-0.05, 0) is 32.0 Å². The largest absolute Gasteiger partial charge is 0.352 e. The van der Waals surface area contributed by atoms with Crippen LogP contribution in [0, 0.1) is 6.92 Å². The van der Waals surface area contributed by atoms with E-state index in [1.54, 1.807) is 12.1 Å². The maximum atomic E-state index is 12.3. The first kappa shape index (κ1) is 12.6. The van der Waals surface area contributed by atoms with E-state index in [2.05, 4.69) is 4.98 Å². The first-order valence-electron chi connectivity index (χ1n) is 5.43. The van der Waals surface area contributed by atoms with Crippen molar-refractivity contribution in [2.75, 3.05) is 0 Å². The fourth-order valence-electron chi connectivity index (χ4n) is 1.69. The van der Waals surface area contributed by atoms with Crippen LogP contribution < -0.4 is 0 Å². The van der Waals surface area contributed by atoms with Crippen molar-refractivity contribution < 1.29 is 13.2 Å². The second-order valence-corrected chi connectivity index (χ2v) is 5.98. The van der Waals surface area contributed by atoms with Gasteiger partial charge in [-0.1, -0.05) is 17.7 Å². The second-order valence-electron chi connectivity index (χ2n) is 4.09. The normalized spacial score (nSPS) is 11.4. The van der Waals surface area contributed by atoms with E-state index in [9.17, 15) is 13.2 Å². The molecular weight excluding hydrogens is 250 g/mol. The van der Waals surface area contributed by atoms with Crippen LogP contribution in [0.15, 0.2) is 46.5 Å². The predicted molar refractivity (Wildman–Crippen MR) is 67.4 cm³/mol. The van der Waals surface area contributed by atoms with Crippen molar-refractivity contribution in [3.8, 4) is 0 Å². The summed E-state index contributed by atoms with van der Waals surface area (Å²) in [5.41, 5.74) is 1.17. The highest BCUT2D eigenvalue weighted by Gasteiger charge is 2.24. The lowest BCUT2D eigenvalue weighted by molar-refractivity contribution is 0.101. The van der Waals surface area contributed by atoms with Gasteiger partial charge in [-0.2, -0.15) is 0 Å². The Morgan fingerprint density at radius 3 is 2.28 bits per heavy atom. The molecule has 0 aliphatic rings. The molecule has 0 bridgehead atoms. The number of nitrogens with one attached hydrogen (secondary N) is 1. The molecule has 1 heterocycles. The number of ketones is 1. The minimum absolute atomic E-state index is 0.0427. The molecule has 2 aromatic rings. The molecule has 94 valence electrons. The molecule has 0 spiro atoms. The van der Waals surface area contributed by atoms with E-state index in [1.807, 2.05) is 6.92 Å². The van der Waals surface area contributed by atoms with Crippen molar-refractivity contribution >= 4 is 15.6 Å². The van der Waals surface area contributed by atoms with Crippen LogP contribution in [0.3, 0.4) is 0 Å². The Bertz CT molecular complexity index is 681. The monoisotopic (exact) mass is 263 g/mol. The van der Waals surface area contributed by atoms with Crippen molar-refractivity contribution in [3.63, 3.8) is 0 Å². The Labute approximate surface area is 106 Å². The van der Waals surface area contributed by atoms with E-state index >= 15 is 0 Å². The van der Waals surface area contributed by atoms with Crippen LogP contribution in [-0.4, -0.2) is 19.2 Å². The Morgan fingerprint density at radius 2 is 1.72 bits per heavy atom. The fraction of sp³-hybridized carbons (Fsp3) is 0.154. The molecule has 0 atom stereocenters. The highest BCUT2D eigenvalue weighted by atomic mass is 32.2. The van der Waals surface area contributed by atoms with Gasteiger partial charge in [-0.3, -0.25) is 4.79 Å². The van der Waals surface area contributed by atoms with Gasteiger partial charge in [-0.25, -0.2) is 8.42 Å². The Hall–Kier alpha value is -1.88. The highest BCUT2D eigenvalue weighted by Crippen LogP contribution is 2.23. The van der Waals surface area contributed by atoms with E-state index < -0.39 is 9.84 Å². The van der Waals surface area contributed by atoms with E-state index in [0.29, 0.717) is 0 Å². The lowest BCUT2D eigenvalue weighted by Crippen LogP contribution is -2.07. The third-order valence-corrected chi connectivity index (χ3v) is 4.46. The minimum Gasteiger partial charge on any atom is -0.352 e. The molecule has 18 heavy (non-hydrogen) atoms. The molecule has 4 nitrogen and oxygen atoms in total. The Kier molecular flexibility index (Phi) is 3.09. The van der Waals surface area contributed by atoms with Gasteiger partial charge in [0.1, 0.15) is 5.03 Å². The van der Waals surface area contributed by atoms with Gasteiger partial charge in [0.15, 0.2) is 5.78 Å². The third-order valence-electron chi connectivity index (χ3n) is 2.69. The van der Waals surface area contributed by atoms with Crippen LogP contribution in [0.4, 0.5) is 0 Å². The molecule has 0 fully saturated rings. The molecule has 0 aliphatic heterocycles. The van der Waals surface area contributed by atoms with Gasteiger partial charge in [-0.15, -0.1) is 0 Å². The van der Waals surface area contributed by atoms with Crippen LogP contribution in [0.25, 0.3) is 0 Å². The molecule has 0 aliphatic carbocycles. The zero-order valence-electron chi connectivity index (χ0n) is 10.1. The summed E-state index contributed by atoms with van der Waals surface area (Å²) >= 11 is 0. The molecular formula is C13H13NO3S. The summed E-state index contributed by atoms with van der Waals surface area (Å²) in [7, 11) is -3.66. The number of carbonyl (C=O) groups excluding carboxylic acids is 1. The van der Waals surface area contributed by atoms with Gasteiger partial charge in [0.2, 0.25) is 9.84 Å². The number of aromatic nitrogens is 1. The standard InChI is InChI=1S/C13H13NO3S/c1-9-3-5-11(6-4-9)18(16,17)13-12(10(2)15)7-8-14-13/h3-8,14H,1-2H3. The van der Waals surface area contributed by atoms with Crippen molar-refractivity contribution in [2.45, 2.75) is 23.8 Å². The van der Waals surface area contributed by atoms with Gasteiger partial charge in [0.05, 0.1) is 10.5 Å². The summed E-state index contributed by atoms with van der Waals surface area (Å²) in [6, 6.07) is 8.00. The van der Waals surface area contributed by atoms with Crippen molar-refractivity contribution in [3.05, 3.63) is 47.7 Å². The van der Waals surface area contributed by atoms with Crippen molar-refractivity contribution in [1.29, 1.82) is 0 Å². The van der Waals surface area contributed by atoms with Crippen LogP contribution >= 0.6 is 0 Å². The molecule has 1 aromatic heterocycles. The number of carbonyl (C=O) groups is 1. The van der Waals surface area contributed by atoms with Crippen molar-refractivity contribution in [1.82, 2.24) is 4.98 Å². The summed E-state index contributed by atoms with van der Waals surface area (Å²) in [4.78, 5) is 14.2. The molecule has 0 amide bonds. The molecule has 0 saturated heterocycles. The number of aryl methyl sites for hydroxylation is 1. The molecule has 1 N–H and O–H groups in total. The fourth-order valence-corrected chi connectivity index (χ4v) is 3.14. The number of aromatic amines is 1. The number of hydrogen-bond donors (Lipinski definition) is 1. The van der Waals surface area contributed by atoms with Gasteiger partial charge < -0.3 is 4.98 Å². The number of benzene rings is 1. The summed E-state index contributed by atoms with van der Waals surface area (Å²) in [5, 5.41) is -0.0427. The van der Waals surface area contributed by atoms with Gasteiger partial charge in [0, 0.05) is 6.20 Å². The Morgan fingerprint density at radius 1 is 1.11 bits per heavy atom. The molecule has 1 aromatic carbocycles. The molecule has 2 rings (SSSR count). The molecule has 0 saturated carbocycles. The topological polar surface area (TPSA) is 67.0 Å². The van der Waals surface area contributed by atoms with E-state index in [0.717, 1.165) is 5.56 Å². The minimum atomic E-state index is -3.66. The molecule has 5 heteroatoms. The molecule has 0 unspecified atom stereocenters. The van der Waals surface area contributed by atoms with Gasteiger partial charge >= 0.3 is 0 Å². The predicted octanol–water partition coefficient (Wildman–Crippen LogP) is 2.36. The van der Waals surface area contributed by atoms with E-state index in [1.165, 1.54) is 31.3 Å². The number of sulfone groups is 1. The lowest BCUT2D eigenvalue weighted by atomic mass is 10.2. The zero-order valence-corrected chi connectivity index (χ0v) is 10.9. The summed E-state index contributed by atoms with van der Waals surface area (Å²) in [6.45, 7) is 3.23. The SMILES string of the molecule is CC(=O)c1cc[nH]c1S(=O)(=O)c1ccc(C)cc1. The first-order chi connectivity index (χ1) is 8.43. The second kappa shape index (κ2) is 4.42. The summed E-state index contributed by atoms with van der Waals surface area (Å²) in [5.74, 6) is -0.276. The van der Waals surface area contributed by atoms with Gasteiger partial charge in [0.25, 0.3) is 0 Å². The lowest BCUT2D eigenvalue weighted by Gasteiger charge is -2.04. The average Bonchev–Trinajstić information content (AvgIpc) is 2.79. The Balaban J connectivity index is 2.58. The molecule has 0 radical (unpaired) electrons. The zero-order chi connectivity index (χ0) is 13.3. The summed E-state index contributed by atoms with van der Waals surface area (Å²) in [6.07, 6.45) is 1.46. The van der Waals surface area contributed by atoms with Crippen LogP contribution in [0.1, 0.15) is 22.8 Å². The van der Waals surface area contributed by atoms with Crippen LogP contribution in [0.2, 0.25) is 0 Å². The van der Waals surface area contributed by atoms with Crippen LogP contribution in [-0.2, 0) is 9.84 Å². The number of Topliss-reactive ketones (excluding diaryl/α,β-unsaturated/α-hetero) is 1. The average molecular weight is 263 g/mol. The smallest absolute Gasteiger partial charge is 0.222 e. The summed E-state index contributed by atoms with van der Waals surface area (Å²) < 4.78 is 24.7. The van der Waals surface area contributed by atoms with E-state index in [4.69, 9.17) is 0 Å². The van der Waals surface area contributed by atoms with Crippen molar-refractivity contribution in [2.24, 2.45) is 0 Å². The van der Waals surface area contributed by atoms with Crippen LogP contribution in [0.5, 0.6) is 0 Å². The number of H-pyrrole nitrogens is 1. The highest BCUT2D eigenvalue weighted by molar-refractivity contribution is 7.91. The first-order valence-corrected chi connectivity index (χ1v) is 6.91. The maximum absolute atomic E-state index is 12.3. The third kappa shape index (κ3) is 2.09. The number of hydrogen-bond acceptors (Lipinski definition) is 3. The quantitative estimate of drug-likeness (QED) is 0.864. The van der Waals surface area contributed by atoms with E-state index in [-0.39, 0.29) is 21.3 Å². The maximum Gasteiger partial charge on any atom is 0.222 e. The number of rotatable bonds is 3.